The fourth-order valence-corrected chi connectivity index (χ4v) is 2.66. The van der Waals surface area contributed by atoms with E-state index in [1.807, 2.05) is 19.1 Å². The lowest BCUT2D eigenvalue weighted by Gasteiger charge is -2.22. The average Bonchev–Trinajstić information content (AvgIpc) is 2.38. The highest BCUT2D eigenvalue weighted by Crippen LogP contribution is 2.26. The molecule has 0 aromatic heterocycles. The zero-order chi connectivity index (χ0) is 13.7. The first-order valence-corrected chi connectivity index (χ1v) is 6.97. The van der Waals surface area contributed by atoms with Gasteiger partial charge in [-0.05, 0) is 49.4 Å². The number of ether oxygens (including phenoxy) is 1. The molecule has 0 radical (unpaired) electrons. The Bertz CT molecular complexity index is 440. The number of anilines is 1. The van der Waals surface area contributed by atoms with Gasteiger partial charge in [-0.1, -0.05) is 19.3 Å². The molecule has 19 heavy (non-hydrogen) atoms. The SMILES string of the molecule is Cc1cc(OC(N)=O)ccc1NCC1CCCCC1. The molecule has 0 aliphatic heterocycles. The van der Waals surface area contributed by atoms with Gasteiger partial charge in [0.2, 0.25) is 0 Å². The van der Waals surface area contributed by atoms with Crippen molar-refractivity contribution in [2.24, 2.45) is 11.7 Å². The van der Waals surface area contributed by atoms with Crippen molar-refractivity contribution in [3.05, 3.63) is 23.8 Å². The monoisotopic (exact) mass is 262 g/mol. The van der Waals surface area contributed by atoms with Crippen LogP contribution in [0.3, 0.4) is 0 Å². The molecule has 0 bridgehead atoms. The Kier molecular flexibility index (Phi) is 4.66. The molecular formula is C15H22N2O2. The number of nitrogens with two attached hydrogens (primary N) is 1. The molecule has 1 aliphatic rings. The van der Waals surface area contributed by atoms with Crippen LogP contribution in [0.2, 0.25) is 0 Å². The van der Waals surface area contributed by atoms with E-state index in [0.29, 0.717) is 5.75 Å². The minimum Gasteiger partial charge on any atom is -0.410 e. The van der Waals surface area contributed by atoms with Crippen molar-refractivity contribution in [3.8, 4) is 5.75 Å². The van der Waals surface area contributed by atoms with Gasteiger partial charge in [0.15, 0.2) is 0 Å². The minimum atomic E-state index is -0.776. The van der Waals surface area contributed by atoms with E-state index < -0.39 is 6.09 Å². The van der Waals surface area contributed by atoms with E-state index >= 15 is 0 Å². The zero-order valence-electron chi connectivity index (χ0n) is 11.4. The Balaban J connectivity index is 1.91. The van der Waals surface area contributed by atoms with Crippen LogP contribution in [0.25, 0.3) is 0 Å². The standard InChI is InChI=1S/C15H22N2O2/c1-11-9-13(19-15(16)18)7-8-14(11)17-10-12-5-3-2-4-6-12/h7-9,12,17H,2-6,10H2,1H3,(H2,16,18). The Morgan fingerprint density at radius 2 is 2.11 bits per heavy atom. The summed E-state index contributed by atoms with van der Waals surface area (Å²) in [5.41, 5.74) is 7.16. The normalized spacial score (nSPS) is 16.1. The van der Waals surface area contributed by atoms with Gasteiger partial charge >= 0.3 is 6.09 Å². The lowest BCUT2D eigenvalue weighted by atomic mass is 9.89. The Hall–Kier alpha value is -1.71. The maximum absolute atomic E-state index is 10.7. The predicted molar refractivity (Wildman–Crippen MR) is 76.5 cm³/mol. The van der Waals surface area contributed by atoms with E-state index in [2.05, 4.69) is 5.32 Å². The molecule has 1 fully saturated rings. The van der Waals surface area contributed by atoms with Crippen molar-refractivity contribution in [3.63, 3.8) is 0 Å². The lowest BCUT2D eigenvalue weighted by molar-refractivity contribution is 0.211. The Morgan fingerprint density at radius 1 is 1.37 bits per heavy atom. The van der Waals surface area contributed by atoms with E-state index in [1.165, 1.54) is 32.1 Å². The zero-order valence-corrected chi connectivity index (χ0v) is 11.4. The molecule has 0 saturated heterocycles. The molecule has 104 valence electrons. The van der Waals surface area contributed by atoms with E-state index in [0.717, 1.165) is 23.7 Å². The van der Waals surface area contributed by atoms with Crippen molar-refractivity contribution in [2.45, 2.75) is 39.0 Å². The van der Waals surface area contributed by atoms with E-state index in [1.54, 1.807) is 6.07 Å². The third-order valence-electron chi connectivity index (χ3n) is 3.72. The van der Waals surface area contributed by atoms with Crippen LogP contribution >= 0.6 is 0 Å². The summed E-state index contributed by atoms with van der Waals surface area (Å²) in [4.78, 5) is 10.7. The maximum Gasteiger partial charge on any atom is 0.409 e. The van der Waals surface area contributed by atoms with Crippen LogP contribution in [-0.2, 0) is 0 Å². The van der Waals surface area contributed by atoms with E-state index in [4.69, 9.17) is 10.5 Å². The van der Waals surface area contributed by atoms with E-state index in [9.17, 15) is 4.79 Å². The Morgan fingerprint density at radius 3 is 2.74 bits per heavy atom. The van der Waals surface area contributed by atoms with Gasteiger partial charge in [-0.15, -0.1) is 0 Å². The summed E-state index contributed by atoms with van der Waals surface area (Å²) in [5.74, 6) is 1.28. The number of primary amides is 1. The number of carbonyl (C=O) groups is 1. The topological polar surface area (TPSA) is 64.3 Å². The molecule has 1 saturated carbocycles. The fraction of sp³-hybridized carbons (Fsp3) is 0.533. The van der Waals surface area contributed by atoms with Crippen LogP contribution in [0.4, 0.5) is 10.5 Å². The smallest absolute Gasteiger partial charge is 0.409 e. The molecule has 4 nitrogen and oxygen atoms in total. The maximum atomic E-state index is 10.7. The summed E-state index contributed by atoms with van der Waals surface area (Å²) < 4.78 is 4.86. The number of nitrogens with one attached hydrogen (secondary N) is 1. The second kappa shape index (κ2) is 6.45. The number of rotatable bonds is 4. The van der Waals surface area contributed by atoms with Crippen LogP contribution in [-0.4, -0.2) is 12.6 Å². The van der Waals surface area contributed by atoms with Gasteiger partial charge in [0, 0.05) is 12.2 Å². The highest BCUT2D eigenvalue weighted by molar-refractivity contribution is 5.68. The molecule has 0 spiro atoms. The van der Waals surface area contributed by atoms with Gasteiger partial charge in [0.25, 0.3) is 0 Å². The third kappa shape index (κ3) is 4.16. The summed E-state index contributed by atoms with van der Waals surface area (Å²) in [6.45, 7) is 3.02. The summed E-state index contributed by atoms with van der Waals surface area (Å²) in [6, 6.07) is 5.53. The summed E-state index contributed by atoms with van der Waals surface area (Å²) in [5, 5.41) is 3.49. The molecule has 0 unspecified atom stereocenters. The molecule has 0 heterocycles. The van der Waals surface area contributed by atoms with Gasteiger partial charge < -0.3 is 15.8 Å². The molecular weight excluding hydrogens is 240 g/mol. The van der Waals surface area contributed by atoms with Crippen molar-refractivity contribution in [2.75, 3.05) is 11.9 Å². The number of aryl methyl sites for hydroxylation is 1. The second-order valence-electron chi connectivity index (χ2n) is 5.28. The van der Waals surface area contributed by atoms with Crippen LogP contribution in [0.15, 0.2) is 18.2 Å². The van der Waals surface area contributed by atoms with Crippen LogP contribution in [0.1, 0.15) is 37.7 Å². The van der Waals surface area contributed by atoms with Crippen LogP contribution < -0.4 is 15.8 Å². The molecule has 1 aliphatic carbocycles. The minimum absolute atomic E-state index is 0.494. The molecule has 1 amide bonds. The van der Waals surface area contributed by atoms with Crippen molar-refractivity contribution in [1.82, 2.24) is 0 Å². The van der Waals surface area contributed by atoms with Crippen LogP contribution in [0, 0.1) is 12.8 Å². The highest BCUT2D eigenvalue weighted by Gasteiger charge is 2.13. The van der Waals surface area contributed by atoms with E-state index in [-0.39, 0.29) is 0 Å². The summed E-state index contributed by atoms with van der Waals surface area (Å²) in [7, 11) is 0. The molecule has 1 aromatic rings. The molecule has 3 N–H and O–H groups in total. The predicted octanol–water partition coefficient (Wildman–Crippen LogP) is 3.44. The van der Waals surface area contributed by atoms with Crippen molar-refractivity contribution >= 4 is 11.8 Å². The first kappa shape index (κ1) is 13.7. The summed E-state index contributed by atoms with van der Waals surface area (Å²) >= 11 is 0. The van der Waals surface area contributed by atoms with Gasteiger partial charge in [-0.3, -0.25) is 0 Å². The second-order valence-corrected chi connectivity index (χ2v) is 5.28. The number of hydrogen-bond donors (Lipinski definition) is 2. The lowest BCUT2D eigenvalue weighted by Crippen LogP contribution is -2.18. The van der Waals surface area contributed by atoms with Crippen molar-refractivity contribution < 1.29 is 9.53 Å². The van der Waals surface area contributed by atoms with Gasteiger partial charge in [0.1, 0.15) is 5.75 Å². The molecule has 4 heteroatoms. The largest absolute Gasteiger partial charge is 0.410 e. The first-order valence-electron chi connectivity index (χ1n) is 6.97. The third-order valence-corrected chi connectivity index (χ3v) is 3.72. The number of amides is 1. The quantitative estimate of drug-likeness (QED) is 0.873. The van der Waals surface area contributed by atoms with Crippen LogP contribution in [0.5, 0.6) is 5.75 Å². The van der Waals surface area contributed by atoms with Crippen molar-refractivity contribution in [1.29, 1.82) is 0 Å². The first-order chi connectivity index (χ1) is 9.15. The number of benzene rings is 1. The van der Waals surface area contributed by atoms with Gasteiger partial charge in [0.05, 0.1) is 0 Å². The fourth-order valence-electron chi connectivity index (χ4n) is 2.66. The summed E-state index contributed by atoms with van der Waals surface area (Å²) in [6.07, 6.45) is 5.98. The number of hydrogen-bond acceptors (Lipinski definition) is 3. The molecule has 1 aromatic carbocycles. The van der Waals surface area contributed by atoms with Gasteiger partial charge in [-0.25, -0.2) is 4.79 Å². The molecule has 0 atom stereocenters. The highest BCUT2D eigenvalue weighted by atomic mass is 16.5. The number of carbonyl (C=O) groups excluding carboxylic acids is 1. The Labute approximate surface area is 114 Å². The van der Waals surface area contributed by atoms with Gasteiger partial charge in [-0.2, -0.15) is 0 Å². The molecule has 2 rings (SSSR count). The average molecular weight is 262 g/mol.